The lowest BCUT2D eigenvalue weighted by Gasteiger charge is -2.21. The molecule has 0 aliphatic rings. The number of hydrogen-bond donors (Lipinski definition) is 1. The van der Waals surface area contributed by atoms with E-state index < -0.39 is 5.82 Å². The number of nitrogens with zero attached hydrogens (tertiary/aromatic N) is 2. The lowest BCUT2D eigenvalue weighted by atomic mass is 10.2. The topological polar surface area (TPSA) is 45.2 Å². The number of halogens is 1. The molecule has 2 rings (SSSR count). The lowest BCUT2D eigenvalue weighted by Crippen LogP contribution is -2.34. The maximum Gasteiger partial charge on any atom is 0.322 e. The zero-order valence-electron chi connectivity index (χ0n) is 11.2. The Hall–Kier alpha value is -2.43. The minimum absolute atomic E-state index is 0.186. The number of hydrogen-bond acceptors (Lipinski definition) is 2. The van der Waals surface area contributed by atoms with Crippen molar-refractivity contribution in [2.75, 3.05) is 11.9 Å². The molecule has 0 saturated heterocycles. The summed E-state index contributed by atoms with van der Waals surface area (Å²) in [6.45, 7) is 2.87. The highest BCUT2D eigenvalue weighted by atomic mass is 19.1. The Balaban J connectivity index is 2.04. The summed E-state index contributed by atoms with van der Waals surface area (Å²) in [5.41, 5.74) is 1.16. The number of rotatable bonds is 4. The first-order valence-corrected chi connectivity index (χ1v) is 6.40. The molecule has 0 saturated carbocycles. The van der Waals surface area contributed by atoms with Crippen LogP contribution in [0.2, 0.25) is 0 Å². The SMILES string of the molecule is CCN(Cc1ccncc1)C(=O)Nc1ccccc1F. The predicted octanol–water partition coefficient (Wildman–Crippen LogP) is 3.27. The van der Waals surface area contributed by atoms with E-state index in [-0.39, 0.29) is 11.7 Å². The number of aromatic nitrogens is 1. The van der Waals surface area contributed by atoms with Gasteiger partial charge in [0, 0.05) is 25.5 Å². The monoisotopic (exact) mass is 273 g/mol. The maximum absolute atomic E-state index is 13.5. The average Bonchev–Trinajstić information content (AvgIpc) is 2.48. The Labute approximate surface area is 117 Å². The van der Waals surface area contributed by atoms with Crippen LogP contribution in [-0.4, -0.2) is 22.5 Å². The van der Waals surface area contributed by atoms with Gasteiger partial charge >= 0.3 is 6.03 Å². The van der Waals surface area contributed by atoms with E-state index in [1.54, 1.807) is 29.4 Å². The fourth-order valence-corrected chi connectivity index (χ4v) is 1.79. The summed E-state index contributed by atoms with van der Waals surface area (Å²) < 4.78 is 13.5. The number of nitrogens with one attached hydrogen (secondary N) is 1. The highest BCUT2D eigenvalue weighted by molar-refractivity contribution is 5.89. The summed E-state index contributed by atoms with van der Waals surface area (Å²) in [6, 6.07) is 9.48. The van der Waals surface area contributed by atoms with Crippen molar-refractivity contribution < 1.29 is 9.18 Å². The van der Waals surface area contributed by atoms with Crippen molar-refractivity contribution in [3.8, 4) is 0 Å². The first-order chi connectivity index (χ1) is 9.70. The van der Waals surface area contributed by atoms with Crippen LogP contribution in [0.1, 0.15) is 12.5 Å². The zero-order valence-corrected chi connectivity index (χ0v) is 11.2. The van der Waals surface area contributed by atoms with Gasteiger partial charge in [-0.3, -0.25) is 4.98 Å². The third-order valence-corrected chi connectivity index (χ3v) is 2.91. The van der Waals surface area contributed by atoms with E-state index in [9.17, 15) is 9.18 Å². The van der Waals surface area contributed by atoms with Crippen LogP contribution in [0.25, 0.3) is 0 Å². The Morgan fingerprint density at radius 2 is 1.95 bits per heavy atom. The van der Waals surface area contributed by atoms with Crippen molar-refractivity contribution in [1.82, 2.24) is 9.88 Å². The Bertz CT molecular complexity index is 574. The first kappa shape index (κ1) is 14.0. The standard InChI is InChI=1S/C15H16FN3O/c1-2-19(11-12-7-9-17-10-8-12)15(20)18-14-6-4-3-5-13(14)16/h3-10H,2,11H2,1H3,(H,18,20). The summed E-state index contributed by atoms with van der Waals surface area (Å²) in [5.74, 6) is -0.444. The molecule has 2 amide bonds. The van der Waals surface area contributed by atoms with Gasteiger partial charge in [0.1, 0.15) is 5.82 Å². The molecular weight excluding hydrogens is 257 g/mol. The van der Waals surface area contributed by atoms with Gasteiger partial charge in [-0.1, -0.05) is 12.1 Å². The van der Waals surface area contributed by atoms with Crippen LogP contribution in [0.15, 0.2) is 48.8 Å². The molecule has 20 heavy (non-hydrogen) atoms. The van der Waals surface area contributed by atoms with Crippen LogP contribution >= 0.6 is 0 Å². The molecule has 1 aromatic carbocycles. The highest BCUT2D eigenvalue weighted by Crippen LogP contribution is 2.14. The Kier molecular flexibility index (Phi) is 4.65. The normalized spacial score (nSPS) is 10.1. The average molecular weight is 273 g/mol. The summed E-state index contributed by atoms with van der Waals surface area (Å²) >= 11 is 0. The van der Waals surface area contributed by atoms with Gasteiger partial charge in [0.2, 0.25) is 0 Å². The van der Waals surface area contributed by atoms with Crippen molar-refractivity contribution in [3.05, 3.63) is 60.2 Å². The molecule has 5 heteroatoms. The fourth-order valence-electron chi connectivity index (χ4n) is 1.79. The van der Waals surface area contributed by atoms with Gasteiger partial charge in [0.05, 0.1) is 5.69 Å². The van der Waals surface area contributed by atoms with Crippen molar-refractivity contribution in [3.63, 3.8) is 0 Å². The molecule has 0 radical (unpaired) electrons. The van der Waals surface area contributed by atoms with E-state index in [1.165, 1.54) is 12.1 Å². The van der Waals surface area contributed by atoms with Crippen molar-refractivity contribution in [2.24, 2.45) is 0 Å². The van der Waals surface area contributed by atoms with Crippen LogP contribution in [0.4, 0.5) is 14.9 Å². The zero-order chi connectivity index (χ0) is 14.4. The molecule has 1 N–H and O–H groups in total. The maximum atomic E-state index is 13.5. The molecule has 2 aromatic rings. The minimum atomic E-state index is -0.444. The second kappa shape index (κ2) is 6.65. The molecule has 0 bridgehead atoms. The van der Waals surface area contributed by atoms with Gasteiger partial charge in [-0.2, -0.15) is 0 Å². The predicted molar refractivity (Wildman–Crippen MR) is 75.7 cm³/mol. The van der Waals surface area contributed by atoms with E-state index in [0.717, 1.165) is 5.56 Å². The minimum Gasteiger partial charge on any atom is -0.320 e. The second-order valence-corrected chi connectivity index (χ2v) is 4.28. The largest absolute Gasteiger partial charge is 0.322 e. The molecule has 0 fully saturated rings. The van der Waals surface area contributed by atoms with Crippen LogP contribution in [-0.2, 0) is 6.54 Å². The van der Waals surface area contributed by atoms with Crippen LogP contribution in [0, 0.1) is 5.82 Å². The third-order valence-electron chi connectivity index (χ3n) is 2.91. The van der Waals surface area contributed by atoms with E-state index in [4.69, 9.17) is 0 Å². The molecule has 0 aliphatic carbocycles. The Morgan fingerprint density at radius 1 is 1.25 bits per heavy atom. The number of amides is 2. The summed E-state index contributed by atoms with van der Waals surface area (Å²) in [7, 11) is 0. The van der Waals surface area contributed by atoms with Gasteiger partial charge in [0.15, 0.2) is 0 Å². The van der Waals surface area contributed by atoms with Gasteiger partial charge in [-0.25, -0.2) is 9.18 Å². The van der Waals surface area contributed by atoms with Gasteiger partial charge in [-0.15, -0.1) is 0 Å². The number of pyridine rings is 1. The third kappa shape index (κ3) is 3.54. The van der Waals surface area contributed by atoms with Crippen molar-refractivity contribution in [1.29, 1.82) is 0 Å². The fraction of sp³-hybridized carbons (Fsp3) is 0.200. The summed E-state index contributed by atoms with van der Waals surface area (Å²) in [4.78, 5) is 17.7. The number of anilines is 1. The molecule has 0 unspecified atom stereocenters. The lowest BCUT2D eigenvalue weighted by molar-refractivity contribution is 0.212. The number of benzene rings is 1. The van der Waals surface area contributed by atoms with Crippen LogP contribution in [0.3, 0.4) is 0 Å². The smallest absolute Gasteiger partial charge is 0.320 e. The molecule has 1 heterocycles. The molecule has 0 spiro atoms. The van der Waals surface area contributed by atoms with E-state index in [2.05, 4.69) is 10.3 Å². The Morgan fingerprint density at radius 3 is 2.60 bits per heavy atom. The number of para-hydroxylation sites is 1. The molecular formula is C15H16FN3O. The van der Waals surface area contributed by atoms with Crippen LogP contribution < -0.4 is 5.32 Å². The van der Waals surface area contributed by atoms with E-state index >= 15 is 0 Å². The molecule has 0 aliphatic heterocycles. The molecule has 0 atom stereocenters. The van der Waals surface area contributed by atoms with Crippen molar-refractivity contribution >= 4 is 11.7 Å². The summed E-state index contributed by atoms with van der Waals surface area (Å²) in [5, 5.41) is 2.58. The second-order valence-electron chi connectivity index (χ2n) is 4.28. The molecule has 104 valence electrons. The van der Waals surface area contributed by atoms with Gasteiger partial charge in [0.25, 0.3) is 0 Å². The van der Waals surface area contributed by atoms with Gasteiger partial charge < -0.3 is 10.2 Å². The summed E-state index contributed by atoms with van der Waals surface area (Å²) in [6.07, 6.45) is 3.36. The number of carbonyl (C=O) groups is 1. The van der Waals surface area contributed by atoms with Crippen LogP contribution in [0.5, 0.6) is 0 Å². The highest BCUT2D eigenvalue weighted by Gasteiger charge is 2.13. The molecule has 1 aromatic heterocycles. The van der Waals surface area contributed by atoms with E-state index in [0.29, 0.717) is 13.1 Å². The quantitative estimate of drug-likeness (QED) is 0.929. The number of carbonyl (C=O) groups excluding carboxylic acids is 1. The number of urea groups is 1. The van der Waals surface area contributed by atoms with Crippen molar-refractivity contribution in [2.45, 2.75) is 13.5 Å². The van der Waals surface area contributed by atoms with Gasteiger partial charge in [-0.05, 0) is 36.8 Å². The first-order valence-electron chi connectivity index (χ1n) is 6.40. The molecule has 4 nitrogen and oxygen atoms in total. The van der Waals surface area contributed by atoms with E-state index in [1.807, 2.05) is 19.1 Å².